The number of hydrogen-bond acceptors (Lipinski definition) is 2. The highest BCUT2D eigenvalue weighted by molar-refractivity contribution is 5.76. The summed E-state index contributed by atoms with van der Waals surface area (Å²) >= 11 is 0. The van der Waals surface area contributed by atoms with Crippen LogP contribution in [0.4, 0.5) is 0 Å². The second-order valence-corrected chi connectivity index (χ2v) is 3.71. The van der Waals surface area contributed by atoms with E-state index in [4.69, 9.17) is 6.42 Å². The number of carbonyl (C=O) groups excluding carboxylic acids is 1. The maximum Gasteiger partial charge on any atom is 0.223 e. The lowest BCUT2D eigenvalue weighted by molar-refractivity contribution is -0.132. The third kappa shape index (κ3) is 3.04. The van der Waals surface area contributed by atoms with Gasteiger partial charge >= 0.3 is 0 Å². The van der Waals surface area contributed by atoms with Crippen LogP contribution in [0.3, 0.4) is 0 Å². The fraction of sp³-hybridized carbons (Fsp3) is 0.727. The summed E-state index contributed by atoms with van der Waals surface area (Å²) < 4.78 is 0. The molecule has 78 valence electrons. The van der Waals surface area contributed by atoms with Crippen molar-refractivity contribution in [3.05, 3.63) is 0 Å². The molecule has 0 aromatic heterocycles. The van der Waals surface area contributed by atoms with E-state index in [1.807, 2.05) is 11.9 Å². The predicted octanol–water partition coefficient (Wildman–Crippen LogP) is 0.610. The Morgan fingerprint density at radius 1 is 1.71 bits per heavy atom. The van der Waals surface area contributed by atoms with Gasteiger partial charge < -0.3 is 10.2 Å². The van der Waals surface area contributed by atoms with E-state index in [1.54, 1.807) is 0 Å². The first-order valence-electron chi connectivity index (χ1n) is 5.15. The van der Waals surface area contributed by atoms with Gasteiger partial charge in [0.25, 0.3) is 0 Å². The summed E-state index contributed by atoms with van der Waals surface area (Å²) in [4.78, 5) is 13.4. The van der Waals surface area contributed by atoms with Crippen LogP contribution < -0.4 is 5.32 Å². The van der Waals surface area contributed by atoms with Crippen LogP contribution in [-0.4, -0.2) is 37.0 Å². The lowest BCUT2D eigenvalue weighted by Crippen LogP contribution is -2.46. The monoisotopic (exact) mass is 194 g/mol. The van der Waals surface area contributed by atoms with Gasteiger partial charge in [0.15, 0.2) is 0 Å². The first-order valence-corrected chi connectivity index (χ1v) is 5.15. The molecule has 0 radical (unpaired) electrons. The van der Waals surface area contributed by atoms with Crippen molar-refractivity contribution in [1.82, 2.24) is 10.2 Å². The number of piperidine rings is 1. The molecule has 1 heterocycles. The molecule has 14 heavy (non-hydrogen) atoms. The molecule has 0 saturated carbocycles. The molecule has 1 fully saturated rings. The van der Waals surface area contributed by atoms with Gasteiger partial charge in [-0.1, -0.05) is 0 Å². The van der Waals surface area contributed by atoms with Gasteiger partial charge in [-0.2, -0.15) is 0 Å². The van der Waals surface area contributed by atoms with E-state index in [0.29, 0.717) is 18.9 Å². The third-order valence-electron chi connectivity index (χ3n) is 2.70. The van der Waals surface area contributed by atoms with Crippen LogP contribution in [0.5, 0.6) is 0 Å². The number of rotatable bonds is 3. The SMILES string of the molecule is C#CCCC(=O)N(C)C1CCCNC1. The molecule has 1 amide bonds. The molecule has 0 spiro atoms. The number of nitrogens with zero attached hydrogens (tertiary/aromatic N) is 1. The Morgan fingerprint density at radius 2 is 2.50 bits per heavy atom. The lowest BCUT2D eigenvalue weighted by atomic mass is 10.1. The Hall–Kier alpha value is -1.01. The molecule has 1 aliphatic heterocycles. The van der Waals surface area contributed by atoms with Crippen molar-refractivity contribution < 1.29 is 4.79 Å². The van der Waals surface area contributed by atoms with Crippen LogP contribution in [0.1, 0.15) is 25.7 Å². The minimum absolute atomic E-state index is 0.164. The first-order chi connectivity index (χ1) is 6.75. The van der Waals surface area contributed by atoms with Crippen LogP contribution in [0.25, 0.3) is 0 Å². The van der Waals surface area contributed by atoms with Crippen LogP contribution in [-0.2, 0) is 4.79 Å². The average Bonchev–Trinajstić information content (AvgIpc) is 2.26. The summed E-state index contributed by atoms with van der Waals surface area (Å²) in [6.07, 6.45) is 8.40. The second-order valence-electron chi connectivity index (χ2n) is 3.71. The summed E-state index contributed by atoms with van der Waals surface area (Å²) in [7, 11) is 1.87. The molecule has 1 aliphatic rings. The average molecular weight is 194 g/mol. The van der Waals surface area contributed by atoms with Crippen molar-refractivity contribution in [3.63, 3.8) is 0 Å². The van der Waals surface area contributed by atoms with Crippen LogP contribution >= 0.6 is 0 Å². The van der Waals surface area contributed by atoms with Gasteiger partial charge in [0.2, 0.25) is 5.91 Å². The summed E-state index contributed by atoms with van der Waals surface area (Å²) in [5.74, 6) is 2.66. The Kier molecular flexibility index (Phi) is 4.48. The zero-order valence-electron chi connectivity index (χ0n) is 8.75. The fourth-order valence-corrected chi connectivity index (χ4v) is 1.72. The number of carbonyl (C=O) groups is 1. The van der Waals surface area contributed by atoms with Crippen LogP contribution in [0.2, 0.25) is 0 Å². The lowest BCUT2D eigenvalue weighted by Gasteiger charge is -2.31. The highest BCUT2D eigenvalue weighted by Crippen LogP contribution is 2.09. The molecule has 0 aromatic carbocycles. The smallest absolute Gasteiger partial charge is 0.223 e. The second kappa shape index (κ2) is 5.66. The summed E-state index contributed by atoms with van der Waals surface area (Å²) in [5.41, 5.74) is 0. The number of nitrogens with one attached hydrogen (secondary N) is 1. The normalized spacial score (nSPS) is 21.3. The largest absolute Gasteiger partial charge is 0.341 e. The maximum atomic E-state index is 11.6. The van der Waals surface area contributed by atoms with Crippen molar-refractivity contribution >= 4 is 5.91 Å². The molecule has 1 rings (SSSR count). The number of likely N-dealkylation sites (N-methyl/N-ethyl adjacent to an activating group) is 1. The van der Waals surface area contributed by atoms with Crippen molar-refractivity contribution in [3.8, 4) is 12.3 Å². The standard InChI is InChI=1S/C11H18N2O/c1-3-4-7-11(14)13(2)10-6-5-8-12-9-10/h1,10,12H,4-9H2,2H3. The number of terminal acetylenes is 1. The fourth-order valence-electron chi connectivity index (χ4n) is 1.72. The highest BCUT2D eigenvalue weighted by atomic mass is 16.2. The van der Waals surface area contributed by atoms with Gasteiger partial charge in [0, 0.05) is 32.5 Å². The molecule has 1 saturated heterocycles. The minimum atomic E-state index is 0.164. The van der Waals surface area contributed by atoms with Crippen molar-refractivity contribution in [1.29, 1.82) is 0 Å². The molecule has 0 aliphatic carbocycles. The molecule has 0 bridgehead atoms. The molecule has 3 heteroatoms. The zero-order valence-corrected chi connectivity index (χ0v) is 8.75. The number of amides is 1. The summed E-state index contributed by atoms with van der Waals surface area (Å²) in [6, 6.07) is 0.356. The van der Waals surface area contributed by atoms with E-state index < -0.39 is 0 Å². The number of hydrogen-bond donors (Lipinski definition) is 1. The maximum absolute atomic E-state index is 11.6. The van der Waals surface area contributed by atoms with Crippen LogP contribution in [0.15, 0.2) is 0 Å². The van der Waals surface area contributed by atoms with Crippen molar-refractivity contribution in [2.24, 2.45) is 0 Å². The molecule has 1 N–H and O–H groups in total. The van der Waals surface area contributed by atoms with E-state index in [0.717, 1.165) is 25.9 Å². The third-order valence-corrected chi connectivity index (χ3v) is 2.70. The van der Waals surface area contributed by atoms with E-state index >= 15 is 0 Å². The van der Waals surface area contributed by atoms with Gasteiger partial charge in [0.1, 0.15) is 0 Å². The molecular formula is C11H18N2O. The van der Waals surface area contributed by atoms with Gasteiger partial charge in [-0.3, -0.25) is 4.79 Å². The summed E-state index contributed by atoms with van der Waals surface area (Å²) in [5, 5.41) is 3.29. The topological polar surface area (TPSA) is 32.3 Å². The van der Waals surface area contributed by atoms with Gasteiger partial charge in [-0.15, -0.1) is 12.3 Å². The molecular weight excluding hydrogens is 176 g/mol. The van der Waals surface area contributed by atoms with Crippen molar-refractivity contribution in [2.75, 3.05) is 20.1 Å². The Bertz CT molecular complexity index is 226. The van der Waals surface area contributed by atoms with E-state index in [-0.39, 0.29) is 5.91 Å². The Morgan fingerprint density at radius 3 is 3.07 bits per heavy atom. The first kappa shape index (κ1) is 11.1. The zero-order chi connectivity index (χ0) is 10.4. The van der Waals surface area contributed by atoms with Gasteiger partial charge in [-0.05, 0) is 19.4 Å². The van der Waals surface area contributed by atoms with Gasteiger partial charge in [-0.25, -0.2) is 0 Å². The quantitative estimate of drug-likeness (QED) is 0.668. The Balaban J connectivity index is 2.35. The van der Waals surface area contributed by atoms with Gasteiger partial charge in [0.05, 0.1) is 0 Å². The van der Waals surface area contributed by atoms with E-state index in [9.17, 15) is 4.79 Å². The molecule has 3 nitrogen and oxygen atoms in total. The van der Waals surface area contributed by atoms with E-state index in [2.05, 4.69) is 11.2 Å². The van der Waals surface area contributed by atoms with Crippen LogP contribution in [0, 0.1) is 12.3 Å². The van der Waals surface area contributed by atoms with Crippen molar-refractivity contribution in [2.45, 2.75) is 31.7 Å². The summed E-state index contributed by atoms with van der Waals surface area (Å²) in [6.45, 7) is 1.99. The van der Waals surface area contributed by atoms with E-state index in [1.165, 1.54) is 0 Å². The molecule has 1 unspecified atom stereocenters. The Labute approximate surface area is 85.9 Å². The highest BCUT2D eigenvalue weighted by Gasteiger charge is 2.20. The molecule has 0 aromatic rings. The molecule has 1 atom stereocenters. The minimum Gasteiger partial charge on any atom is -0.341 e. The predicted molar refractivity (Wildman–Crippen MR) is 56.7 cm³/mol.